The van der Waals surface area contributed by atoms with Crippen molar-refractivity contribution in [2.75, 3.05) is 5.32 Å². The summed E-state index contributed by atoms with van der Waals surface area (Å²) >= 11 is 17.8. The Morgan fingerprint density at radius 1 is 1.11 bits per heavy atom. The summed E-state index contributed by atoms with van der Waals surface area (Å²) in [5.74, 6) is -1.67. The number of amides is 1. The molecule has 27 heavy (non-hydrogen) atoms. The van der Waals surface area contributed by atoms with E-state index in [0.29, 0.717) is 0 Å². The van der Waals surface area contributed by atoms with E-state index in [1.807, 2.05) is 0 Å². The minimum atomic E-state index is -4.04. The van der Waals surface area contributed by atoms with E-state index in [-0.39, 0.29) is 31.2 Å². The first-order chi connectivity index (χ1) is 12.5. The number of rotatable bonds is 5. The van der Waals surface area contributed by atoms with Gasteiger partial charge in [0.15, 0.2) is 6.10 Å². The van der Waals surface area contributed by atoms with Gasteiger partial charge in [0.2, 0.25) is 10.0 Å². The summed E-state index contributed by atoms with van der Waals surface area (Å²) in [5.41, 5.74) is -0.00468. The highest BCUT2D eigenvalue weighted by Crippen LogP contribution is 2.29. The molecule has 0 spiro atoms. The predicted molar refractivity (Wildman–Crippen MR) is 103 cm³/mol. The minimum Gasteiger partial charge on any atom is -0.449 e. The number of benzene rings is 2. The Morgan fingerprint density at radius 2 is 1.78 bits per heavy atom. The fraction of sp³-hybridized carbons (Fsp3) is 0.125. The lowest BCUT2D eigenvalue weighted by molar-refractivity contribution is -0.123. The molecule has 0 aromatic heterocycles. The number of sulfonamides is 1. The molecular weight excluding hydrogens is 439 g/mol. The van der Waals surface area contributed by atoms with E-state index in [0.717, 1.165) is 12.1 Å². The van der Waals surface area contributed by atoms with Crippen LogP contribution in [-0.2, 0) is 19.6 Å². The van der Waals surface area contributed by atoms with Crippen LogP contribution in [0.5, 0.6) is 0 Å². The summed E-state index contributed by atoms with van der Waals surface area (Å²) in [6.07, 6.45) is -1.23. The summed E-state index contributed by atoms with van der Waals surface area (Å²) in [6.45, 7) is 1.32. The van der Waals surface area contributed by atoms with Gasteiger partial charge in [-0.3, -0.25) is 4.79 Å². The Hall–Kier alpha value is -1.84. The van der Waals surface area contributed by atoms with Crippen LogP contribution >= 0.6 is 34.8 Å². The number of hydrogen-bond donors (Lipinski definition) is 2. The third-order valence-corrected chi connectivity index (χ3v) is 5.41. The Kier molecular flexibility index (Phi) is 6.72. The molecule has 0 bridgehead atoms. The first kappa shape index (κ1) is 21.5. The number of anilines is 1. The zero-order valence-corrected chi connectivity index (χ0v) is 16.8. The van der Waals surface area contributed by atoms with E-state index in [9.17, 15) is 18.0 Å². The van der Waals surface area contributed by atoms with Crippen molar-refractivity contribution in [1.29, 1.82) is 0 Å². The highest BCUT2D eigenvalue weighted by Gasteiger charge is 2.23. The Morgan fingerprint density at radius 3 is 2.41 bits per heavy atom. The van der Waals surface area contributed by atoms with Crippen LogP contribution in [0.3, 0.4) is 0 Å². The van der Waals surface area contributed by atoms with E-state index >= 15 is 0 Å². The molecule has 0 saturated carbocycles. The monoisotopic (exact) mass is 450 g/mol. The average molecular weight is 452 g/mol. The first-order valence-electron chi connectivity index (χ1n) is 7.29. The van der Waals surface area contributed by atoms with Crippen LogP contribution in [0.1, 0.15) is 17.3 Å². The highest BCUT2D eigenvalue weighted by molar-refractivity contribution is 7.89. The standard InChI is InChI=1S/C16H13Cl3N2O5S/c1-8(15(22)21-13-4-2-3-12(18)14(13)19)26-16(23)10-7-9(27(20,24)25)5-6-11(10)17/h2-8H,1H3,(H,21,22)(H2,20,24,25). The summed E-state index contributed by atoms with van der Waals surface area (Å²) < 4.78 is 27.9. The van der Waals surface area contributed by atoms with Crippen molar-refractivity contribution in [3.05, 3.63) is 57.0 Å². The number of carbonyl (C=O) groups excluding carboxylic acids is 2. The molecule has 0 aliphatic heterocycles. The second-order valence-corrected chi connectivity index (χ2v) is 8.08. The molecule has 0 aliphatic carbocycles. The number of ether oxygens (including phenoxy) is 1. The summed E-state index contributed by atoms with van der Waals surface area (Å²) in [4.78, 5) is 24.2. The van der Waals surface area contributed by atoms with Crippen LogP contribution < -0.4 is 10.5 Å². The Bertz CT molecular complexity index is 1010. The molecule has 2 rings (SSSR count). The maximum atomic E-state index is 12.3. The van der Waals surface area contributed by atoms with Gasteiger partial charge < -0.3 is 10.1 Å². The van der Waals surface area contributed by atoms with Crippen LogP contribution in [0.4, 0.5) is 5.69 Å². The maximum absolute atomic E-state index is 12.3. The molecule has 2 aromatic carbocycles. The number of primary sulfonamides is 1. The van der Waals surface area contributed by atoms with Crippen LogP contribution in [0.2, 0.25) is 15.1 Å². The van der Waals surface area contributed by atoms with Gasteiger partial charge in [-0.25, -0.2) is 18.4 Å². The van der Waals surface area contributed by atoms with Gasteiger partial charge in [-0.05, 0) is 37.3 Å². The average Bonchev–Trinajstić information content (AvgIpc) is 2.58. The topological polar surface area (TPSA) is 116 Å². The molecule has 7 nitrogen and oxygen atoms in total. The largest absolute Gasteiger partial charge is 0.449 e. The lowest BCUT2D eigenvalue weighted by Crippen LogP contribution is -2.30. The molecule has 11 heteroatoms. The van der Waals surface area contributed by atoms with Crippen molar-refractivity contribution in [3.63, 3.8) is 0 Å². The van der Waals surface area contributed by atoms with Crippen molar-refractivity contribution in [1.82, 2.24) is 0 Å². The zero-order chi connectivity index (χ0) is 20.4. The molecule has 0 saturated heterocycles. The van der Waals surface area contributed by atoms with Gasteiger partial charge in [0.1, 0.15) is 0 Å². The van der Waals surface area contributed by atoms with Crippen LogP contribution in [0, 0.1) is 0 Å². The fourth-order valence-corrected chi connectivity index (χ4v) is 3.03. The van der Waals surface area contributed by atoms with E-state index in [1.54, 1.807) is 12.1 Å². The molecular formula is C16H13Cl3N2O5S. The van der Waals surface area contributed by atoms with Gasteiger partial charge in [-0.15, -0.1) is 0 Å². The first-order valence-corrected chi connectivity index (χ1v) is 9.97. The van der Waals surface area contributed by atoms with E-state index in [1.165, 1.54) is 19.1 Å². The fourth-order valence-electron chi connectivity index (χ4n) is 1.95. The molecule has 3 N–H and O–H groups in total. The molecule has 144 valence electrons. The molecule has 1 unspecified atom stereocenters. The number of carbonyl (C=O) groups is 2. The van der Waals surface area contributed by atoms with Crippen molar-refractivity contribution < 1.29 is 22.7 Å². The van der Waals surface area contributed by atoms with E-state index in [2.05, 4.69) is 5.32 Å². The molecule has 0 fully saturated rings. The lowest BCUT2D eigenvalue weighted by atomic mass is 10.2. The lowest BCUT2D eigenvalue weighted by Gasteiger charge is -2.15. The number of hydrogen-bond acceptors (Lipinski definition) is 5. The molecule has 0 heterocycles. The Balaban J connectivity index is 2.15. The Labute approximate surface area is 170 Å². The van der Waals surface area contributed by atoms with E-state index in [4.69, 9.17) is 44.7 Å². The number of nitrogens with two attached hydrogens (primary N) is 1. The second-order valence-electron chi connectivity index (χ2n) is 5.32. The number of halogens is 3. The van der Waals surface area contributed by atoms with Crippen molar-refractivity contribution >= 4 is 62.4 Å². The van der Waals surface area contributed by atoms with Crippen LogP contribution in [-0.4, -0.2) is 26.4 Å². The SMILES string of the molecule is CC(OC(=O)c1cc(S(N)(=O)=O)ccc1Cl)C(=O)Nc1cccc(Cl)c1Cl. The van der Waals surface area contributed by atoms with Gasteiger partial charge in [0.05, 0.1) is 31.2 Å². The van der Waals surface area contributed by atoms with Gasteiger partial charge >= 0.3 is 5.97 Å². The minimum absolute atomic E-state index is 0.0575. The van der Waals surface area contributed by atoms with Gasteiger partial charge in [0, 0.05) is 0 Å². The molecule has 1 atom stereocenters. The molecule has 1 amide bonds. The summed E-state index contributed by atoms with van der Waals surface area (Å²) in [5, 5.41) is 7.82. The third-order valence-electron chi connectivity index (χ3n) is 3.35. The number of esters is 1. The van der Waals surface area contributed by atoms with E-state index < -0.39 is 28.0 Å². The van der Waals surface area contributed by atoms with Crippen molar-refractivity contribution in [2.45, 2.75) is 17.9 Å². The highest BCUT2D eigenvalue weighted by atomic mass is 35.5. The summed E-state index contributed by atoms with van der Waals surface area (Å²) in [6, 6.07) is 7.95. The zero-order valence-electron chi connectivity index (χ0n) is 13.7. The van der Waals surface area contributed by atoms with Crippen molar-refractivity contribution in [3.8, 4) is 0 Å². The quantitative estimate of drug-likeness (QED) is 0.675. The second kappa shape index (κ2) is 8.45. The smallest absolute Gasteiger partial charge is 0.340 e. The molecule has 2 aromatic rings. The number of nitrogens with one attached hydrogen (secondary N) is 1. The van der Waals surface area contributed by atoms with Crippen LogP contribution in [0.25, 0.3) is 0 Å². The van der Waals surface area contributed by atoms with Gasteiger partial charge in [0.25, 0.3) is 5.91 Å². The normalized spacial score (nSPS) is 12.3. The summed E-state index contributed by atoms with van der Waals surface area (Å²) in [7, 11) is -4.04. The predicted octanol–water partition coefficient (Wildman–Crippen LogP) is 3.48. The molecule has 0 aliphatic rings. The maximum Gasteiger partial charge on any atom is 0.340 e. The van der Waals surface area contributed by atoms with Crippen LogP contribution in [0.15, 0.2) is 41.3 Å². The van der Waals surface area contributed by atoms with Gasteiger partial charge in [-0.1, -0.05) is 40.9 Å². The van der Waals surface area contributed by atoms with Gasteiger partial charge in [-0.2, -0.15) is 0 Å². The van der Waals surface area contributed by atoms with Crippen molar-refractivity contribution in [2.24, 2.45) is 5.14 Å². The molecule has 0 radical (unpaired) electrons. The third kappa shape index (κ3) is 5.33.